The number of Topliss-reactive ketones (excluding diaryl/α,β-unsaturated/α-hetero) is 1. The second-order valence-corrected chi connectivity index (χ2v) is 6.43. The summed E-state index contributed by atoms with van der Waals surface area (Å²) in [4.78, 5) is 41.9. The molecule has 1 aromatic carbocycles. The van der Waals surface area contributed by atoms with Gasteiger partial charge in [-0.2, -0.15) is 0 Å². The molecule has 142 valence electrons. The van der Waals surface area contributed by atoms with E-state index in [4.69, 9.17) is 0 Å². The topological polar surface area (TPSA) is 91.4 Å². The predicted molar refractivity (Wildman–Crippen MR) is 104 cm³/mol. The number of hydrogen-bond donors (Lipinski definition) is 2. The van der Waals surface area contributed by atoms with Gasteiger partial charge in [-0.1, -0.05) is 0 Å². The van der Waals surface area contributed by atoms with E-state index in [1.54, 1.807) is 30.3 Å². The Morgan fingerprint density at radius 3 is 2.33 bits per heavy atom. The van der Waals surface area contributed by atoms with E-state index in [0.29, 0.717) is 23.4 Å². The molecular weight excluding hydrogens is 344 g/mol. The monoisotopic (exact) mass is 368 g/mol. The lowest BCUT2D eigenvalue weighted by molar-refractivity contribution is 0.0951. The largest absolute Gasteiger partial charge is 0.352 e. The summed E-state index contributed by atoms with van der Waals surface area (Å²) in [5, 5.41) is 5.54. The highest BCUT2D eigenvalue weighted by molar-refractivity contribution is 6.05. The minimum atomic E-state index is -0.423. The Bertz CT molecular complexity index is 816. The number of carbonyl (C=O) groups excluding carboxylic acids is 3. The summed E-state index contributed by atoms with van der Waals surface area (Å²) in [6.07, 6.45) is 2.27. The number of aromatic nitrogens is 1. The molecule has 0 aliphatic rings. The summed E-state index contributed by atoms with van der Waals surface area (Å²) < 4.78 is 0. The molecule has 1 heterocycles. The first kappa shape index (κ1) is 20.3. The van der Waals surface area contributed by atoms with Crippen LogP contribution in [0.25, 0.3) is 0 Å². The highest BCUT2D eigenvalue weighted by Gasteiger charge is 2.12. The van der Waals surface area contributed by atoms with E-state index in [9.17, 15) is 14.4 Å². The van der Waals surface area contributed by atoms with Gasteiger partial charge >= 0.3 is 0 Å². The van der Waals surface area contributed by atoms with E-state index in [1.165, 1.54) is 19.2 Å². The fraction of sp³-hybridized carbons (Fsp3) is 0.300. The SMILES string of the molecule is CC(=O)c1ccc(NC(=O)c2cc(C(=O)NCCCN(C)C)ccn2)cc1. The first-order valence-corrected chi connectivity index (χ1v) is 8.68. The Balaban J connectivity index is 1.98. The number of carbonyl (C=O) groups is 3. The lowest BCUT2D eigenvalue weighted by Crippen LogP contribution is -2.27. The van der Waals surface area contributed by atoms with Crippen LogP contribution in [0.4, 0.5) is 5.69 Å². The number of nitrogens with zero attached hydrogens (tertiary/aromatic N) is 2. The second-order valence-electron chi connectivity index (χ2n) is 6.43. The smallest absolute Gasteiger partial charge is 0.274 e. The van der Waals surface area contributed by atoms with Crippen molar-refractivity contribution in [1.82, 2.24) is 15.2 Å². The van der Waals surface area contributed by atoms with E-state index in [-0.39, 0.29) is 17.4 Å². The summed E-state index contributed by atoms with van der Waals surface area (Å²) in [5.74, 6) is -0.706. The number of amides is 2. The Kier molecular flexibility index (Phi) is 7.19. The number of hydrogen-bond acceptors (Lipinski definition) is 5. The molecule has 2 amide bonds. The molecule has 7 nitrogen and oxygen atoms in total. The van der Waals surface area contributed by atoms with Gasteiger partial charge in [0.1, 0.15) is 5.69 Å². The van der Waals surface area contributed by atoms with Gasteiger partial charge < -0.3 is 15.5 Å². The van der Waals surface area contributed by atoms with Crippen LogP contribution in [0.3, 0.4) is 0 Å². The molecule has 27 heavy (non-hydrogen) atoms. The molecule has 0 aliphatic carbocycles. The summed E-state index contributed by atoms with van der Waals surface area (Å²) in [6, 6.07) is 9.61. The first-order valence-electron chi connectivity index (χ1n) is 8.68. The number of pyridine rings is 1. The molecule has 0 unspecified atom stereocenters. The molecule has 0 aliphatic heterocycles. The molecule has 0 bridgehead atoms. The minimum Gasteiger partial charge on any atom is -0.352 e. The van der Waals surface area contributed by atoms with Crippen molar-refractivity contribution in [2.75, 3.05) is 32.5 Å². The van der Waals surface area contributed by atoms with E-state index in [0.717, 1.165) is 13.0 Å². The van der Waals surface area contributed by atoms with Crippen LogP contribution in [0.2, 0.25) is 0 Å². The van der Waals surface area contributed by atoms with Gasteiger partial charge in [0.25, 0.3) is 11.8 Å². The van der Waals surface area contributed by atoms with Crippen molar-refractivity contribution < 1.29 is 14.4 Å². The Morgan fingerprint density at radius 1 is 1.00 bits per heavy atom. The molecule has 1 aromatic heterocycles. The summed E-state index contributed by atoms with van der Waals surface area (Å²) in [5.41, 5.74) is 1.64. The van der Waals surface area contributed by atoms with Crippen LogP contribution in [0, 0.1) is 0 Å². The zero-order valence-electron chi connectivity index (χ0n) is 15.8. The maximum atomic E-state index is 12.4. The van der Waals surface area contributed by atoms with Crippen molar-refractivity contribution in [3.05, 3.63) is 59.4 Å². The van der Waals surface area contributed by atoms with Gasteiger partial charge in [0.15, 0.2) is 5.78 Å². The average molecular weight is 368 g/mol. The maximum absolute atomic E-state index is 12.4. The summed E-state index contributed by atoms with van der Waals surface area (Å²) in [7, 11) is 3.95. The average Bonchev–Trinajstić information content (AvgIpc) is 2.65. The van der Waals surface area contributed by atoms with Gasteiger partial charge in [0, 0.05) is 29.6 Å². The number of anilines is 1. The van der Waals surface area contributed by atoms with Crippen LogP contribution in [-0.2, 0) is 0 Å². The van der Waals surface area contributed by atoms with Gasteiger partial charge in [-0.15, -0.1) is 0 Å². The number of nitrogens with one attached hydrogen (secondary N) is 2. The highest BCUT2D eigenvalue weighted by Crippen LogP contribution is 2.12. The van der Waals surface area contributed by atoms with E-state index < -0.39 is 5.91 Å². The van der Waals surface area contributed by atoms with E-state index >= 15 is 0 Å². The molecule has 2 rings (SSSR count). The van der Waals surface area contributed by atoms with Gasteiger partial charge in [-0.3, -0.25) is 19.4 Å². The number of rotatable bonds is 8. The van der Waals surface area contributed by atoms with Crippen molar-refractivity contribution in [2.24, 2.45) is 0 Å². The van der Waals surface area contributed by atoms with Crippen LogP contribution in [0.1, 0.15) is 44.5 Å². The quantitative estimate of drug-likeness (QED) is 0.551. The van der Waals surface area contributed by atoms with Crippen molar-refractivity contribution in [2.45, 2.75) is 13.3 Å². The second kappa shape index (κ2) is 9.59. The number of benzene rings is 1. The minimum absolute atomic E-state index is 0.0427. The molecule has 2 N–H and O–H groups in total. The van der Waals surface area contributed by atoms with Crippen molar-refractivity contribution in [3.8, 4) is 0 Å². The van der Waals surface area contributed by atoms with Crippen LogP contribution >= 0.6 is 0 Å². The standard InChI is InChI=1S/C20H24N4O3/c1-14(25)15-5-7-17(8-6-15)23-20(27)18-13-16(9-11-21-18)19(26)22-10-4-12-24(2)3/h5-9,11,13H,4,10,12H2,1-3H3,(H,22,26)(H,23,27). The third-order valence-electron chi connectivity index (χ3n) is 3.87. The Hall–Kier alpha value is -3.06. The lowest BCUT2D eigenvalue weighted by atomic mass is 10.1. The Morgan fingerprint density at radius 2 is 1.70 bits per heavy atom. The van der Waals surface area contributed by atoms with Crippen molar-refractivity contribution in [1.29, 1.82) is 0 Å². The van der Waals surface area contributed by atoms with E-state index in [2.05, 4.69) is 15.6 Å². The lowest BCUT2D eigenvalue weighted by Gasteiger charge is -2.10. The Labute approximate surface area is 158 Å². The fourth-order valence-electron chi connectivity index (χ4n) is 2.38. The third-order valence-corrected chi connectivity index (χ3v) is 3.87. The van der Waals surface area contributed by atoms with Crippen LogP contribution in [0.5, 0.6) is 0 Å². The molecule has 0 saturated carbocycles. The summed E-state index contributed by atoms with van der Waals surface area (Å²) in [6.45, 7) is 2.92. The van der Waals surface area contributed by atoms with Crippen LogP contribution < -0.4 is 10.6 Å². The first-order chi connectivity index (χ1) is 12.9. The van der Waals surface area contributed by atoms with Crippen LogP contribution in [0.15, 0.2) is 42.6 Å². The fourth-order valence-corrected chi connectivity index (χ4v) is 2.38. The van der Waals surface area contributed by atoms with Gasteiger partial charge in [-0.25, -0.2) is 0 Å². The molecular formula is C20H24N4O3. The molecule has 0 spiro atoms. The van der Waals surface area contributed by atoms with Gasteiger partial charge in [0.2, 0.25) is 0 Å². The summed E-state index contributed by atoms with van der Waals surface area (Å²) >= 11 is 0. The molecule has 0 atom stereocenters. The molecule has 0 radical (unpaired) electrons. The molecule has 0 saturated heterocycles. The highest BCUT2D eigenvalue weighted by atomic mass is 16.2. The molecule has 7 heteroatoms. The van der Waals surface area contributed by atoms with E-state index in [1.807, 2.05) is 19.0 Å². The van der Waals surface area contributed by atoms with Gasteiger partial charge in [0.05, 0.1) is 0 Å². The van der Waals surface area contributed by atoms with Crippen molar-refractivity contribution in [3.63, 3.8) is 0 Å². The normalized spacial score (nSPS) is 10.5. The molecule has 2 aromatic rings. The number of ketones is 1. The third kappa shape index (κ3) is 6.31. The van der Waals surface area contributed by atoms with Crippen LogP contribution in [-0.4, -0.2) is 54.7 Å². The maximum Gasteiger partial charge on any atom is 0.274 e. The van der Waals surface area contributed by atoms with Crippen molar-refractivity contribution >= 4 is 23.3 Å². The predicted octanol–water partition coefficient (Wildman–Crippen LogP) is 2.22. The zero-order valence-corrected chi connectivity index (χ0v) is 15.8. The molecule has 0 fully saturated rings. The van der Waals surface area contributed by atoms with Gasteiger partial charge in [-0.05, 0) is 70.4 Å². The zero-order chi connectivity index (χ0) is 19.8.